The second kappa shape index (κ2) is 10.3. The molecule has 214 valence electrons. The van der Waals surface area contributed by atoms with Crippen LogP contribution in [0.25, 0.3) is 0 Å². The number of rotatable bonds is 3. The number of Topliss-reactive ketones (excluding diaryl/α,β-unsaturated/α-hetero) is 1. The average molecular weight is 537 g/mol. The monoisotopic (exact) mass is 536 g/mol. The summed E-state index contributed by atoms with van der Waals surface area (Å²) >= 11 is 0. The van der Waals surface area contributed by atoms with Crippen molar-refractivity contribution in [3.63, 3.8) is 0 Å². The molecule has 3 saturated carbocycles. The number of allylic oxidation sites excluding steroid dienone is 4. The van der Waals surface area contributed by atoms with Crippen LogP contribution in [0.3, 0.4) is 0 Å². The van der Waals surface area contributed by atoms with E-state index in [-0.39, 0.29) is 76.6 Å². The Kier molecular flexibility index (Phi) is 7.84. The number of amides is 1. The lowest BCUT2D eigenvalue weighted by Crippen LogP contribution is -2.62. The van der Waals surface area contributed by atoms with Gasteiger partial charge in [0, 0.05) is 23.8 Å². The molecule has 6 nitrogen and oxygen atoms in total. The number of carbonyl (C=O) groups excluding carboxylic acids is 3. The molecule has 0 spiro atoms. The summed E-state index contributed by atoms with van der Waals surface area (Å²) in [6, 6.07) is 2.14. The van der Waals surface area contributed by atoms with Gasteiger partial charge in [0.15, 0.2) is 11.6 Å². The van der Waals surface area contributed by atoms with Gasteiger partial charge in [-0.1, -0.05) is 60.1 Å². The van der Waals surface area contributed by atoms with Crippen molar-refractivity contribution in [2.45, 2.75) is 93.4 Å². The van der Waals surface area contributed by atoms with Crippen LogP contribution >= 0.6 is 0 Å². The van der Waals surface area contributed by atoms with Gasteiger partial charge in [0.25, 0.3) is 0 Å². The lowest BCUT2D eigenvalue weighted by molar-refractivity contribution is -0.161. The van der Waals surface area contributed by atoms with Crippen LogP contribution in [0.15, 0.2) is 23.3 Å². The van der Waals surface area contributed by atoms with Crippen molar-refractivity contribution in [3.8, 4) is 6.07 Å². The van der Waals surface area contributed by atoms with Gasteiger partial charge in [0.05, 0.1) is 17.6 Å². The summed E-state index contributed by atoms with van der Waals surface area (Å²) in [5, 5.41) is 22.0. The van der Waals surface area contributed by atoms with Gasteiger partial charge in [-0.15, -0.1) is 0 Å². The van der Waals surface area contributed by atoms with Gasteiger partial charge in [0.2, 0.25) is 5.91 Å². The standard InChI is InChI=1S/C31H42N2O4.C2H6/c1-18-20-6-8-29(4)21-7-9-31(27(37)33-12-13-34)11-10-28(2,3)16-22(31)25(21)23(35)14-24(29)30(20,5)15-19(17-32)26(18)36;1-2/h14-15,18,20-22,25,34H,6-13,16H2,1-5H3,(H,33,37);1-2H3. The molecule has 0 heterocycles. The molecule has 8 atom stereocenters. The van der Waals surface area contributed by atoms with Gasteiger partial charge in [-0.2, -0.15) is 5.26 Å². The summed E-state index contributed by atoms with van der Waals surface area (Å²) in [7, 11) is 0. The number of nitriles is 1. The Labute approximate surface area is 234 Å². The second-order valence-corrected chi connectivity index (χ2v) is 13.9. The van der Waals surface area contributed by atoms with Crippen molar-refractivity contribution < 1.29 is 19.5 Å². The van der Waals surface area contributed by atoms with Crippen LogP contribution in [0.4, 0.5) is 0 Å². The number of carbonyl (C=O) groups is 3. The third kappa shape index (κ3) is 4.35. The Morgan fingerprint density at radius 2 is 1.72 bits per heavy atom. The van der Waals surface area contributed by atoms with Gasteiger partial charge in [-0.25, -0.2) is 0 Å². The Hall–Kier alpha value is -2.26. The minimum absolute atomic E-state index is 0.00473. The predicted octanol–water partition coefficient (Wildman–Crippen LogP) is 5.56. The SMILES string of the molecule is CC.CC1C(=O)C(C#N)=CC2(C)C3=CC(=O)C4C(CCC5(C(=O)NCCO)CCC(C)(C)CC45)C3(C)CCC12. The minimum atomic E-state index is -0.565. The van der Waals surface area contributed by atoms with E-state index in [1.54, 1.807) is 0 Å². The molecule has 39 heavy (non-hydrogen) atoms. The molecule has 0 aromatic heterocycles. The fourth-order valence-corrected chi connectivity index (χ4v) is 9.64. The first-order valence-electron chi connectivity index (χ1n) is 15.2. The molecule has 0 radical (unpaired) electrons. The Bertz CT molecular complexity index is 1140. The van der Waals surface area contributed by atoms with Gasteiger partial charge < -0.3 is 10.4 Å². The van der Waals surface area contributed by atoms with Crippen molar-refractivity contribution in [2.75, 3.05) is 13.2 Å². The smallest absolute Gasteiger partial charge is 0.226 e. The first-order valence-corrected chi connectivity index (χ1v) is 15.2. The van der Waals surface area contributed by atoms with Crippen LogP contribution in [-0.4, -0.2) is 35.7 Å². The van der Waals surface area contributed by atoms with Crippen molar-refractivity contribution in [3.05, 3.63) is 23.3 Å². The largest absolute Gasteiger partial charge is 0.395 e. The van der Waals surface area contributed by atoms with E-state index in [0.717, 1.165) is 50.5 Å². The molecule has 0 aromatic rings. The molecule has 5 rings (SSSR count). The first-order chi connectivity index (χ1) is 18.3. The number of hydrogen-bond acceptors (Lipinski definition) is 5. The molecule has 0 aromatic carbocycles. The zero-order valence-electron chi connectivity index (χ0n) is 25.0. The molecule has 8 unspecified atom stereocenters. The predicted molar refractivity (Wildman–Crippen MR) is 151 cm³/mol. The highest BCUT2D eigenvalue weighted by molar-refractivity contribution is 6.02. The fourth-order valence-electron chi connectivity index (χ4n) is 9.64. The lowest BCUT2D eigenvalue weighted by Gasteiger charge is -2.64. The van der Waals surface area contributed by atoms with Crippen LogP contribution in [0.1, 0.15) is 93.4 Å². The quantitative estimate of drug-likeness (QED) is 0.491. The molecule has 0 aliphatic heterocycles. The number of nitrogens with zero attached hydrogens (tertiary/aromatic N) is 1. The van der Waals surface area contributed by atoms with Crippen LogP contribution in [0.5, 0.6) is 0 Å². The maximum atomic E-state index is 14.2. The fraction of sp³-hybridized carbons (Fsp3) is 0.758. The molecule has 3 fully saturated rings. The third-order valence-corrected chi connectivity index (χ3v) is 11.6. The molecule has 0 saturated heterocycles. The van der Waals surface area contributed by atoms with Gasteiger partial charge >= 0.3 is 0 Å². The molecular weight excluding hydrogens is 488 g/mol. The van der Waals surface area contributed by atoms with E-state index in [1.165, 1.54) is 0 Å². The van der Waals surface area contributed by atoms with Crippen molar-refractivity contribution in [2.24, 2.45) is 51.2 Å². The molecule has 5 aliphatic carbocycles. The summed E-state index contributed by atoms with van der Waals surface area (Å²) in [4.78, 5) is 40.7. The zero-order chi connectivity index (χ0) is 29.0. The highest BCUT2D eigenvalue weighted by Gasteiger charge is 2.65. The van der Waals surface area contributed by atoms with E-state index in [4.69, 9.17) is 0 Å². The highest BCUT2D eigenvalue weighted by atomic mass is 16.3. The first kappa shape index (κ1) is 29.7. The van der Waals surface area contributed by atoms with Gasteiger partial charge in [-0.05, 0) is 79.6 Å². The van der Waals surface area contributed by atoms with E-state index < -0.39 is 10.8 Å². The van der Waals surface area contributed by atoms with E-state index in [0.29, 0.717) is 0 Å². The average Bonchev–Trinajstić information content (AvgIpc) is 2.91. The van der Waals surface area contributed by atoms with Crippen LogP contribution < -0.4 is 5.32 Å². The Morgan fingerprint density at radius 1 is 1.05 bits per heavy atom. The minimum Gasteiger partial charge on any atom is -0.395 e. The van der Waals surface area contributed by atoms with Crippen LogP contribution in [0.2, 0.25) is 0 Å². The van der Waals surface area contributed by atoms with Crippen molar-refractivity contribution in [1.82, 2.24) is 5.32 Å². The topological polar surface area (TPSA) is 107 Å². The molecule has 2 N–H and O–H groups in total. The number of fused-ring (bicyclic) bond motifs is 7. The van der Waals surface area contributed by atoms with Crippen molar-refractivity contribution >= 4 is 17.5 Å². The lowest BCUT2D eigenvalue weighted by atomic mass is 9.39. The molecule has 1 amide bonds. The van der Waals surface area contributed by atoms with Crippen LogP contribution in [0, 0.1) is 62.6 Å². The van der Waals surface area contributed by atoms with Gasteiger partial charge in [0.1, 0.15) is 6.07 Å². The third-order valence-electron chi connectivity index (χ3n) is 11.6. The second-order valence-electron chi connectivity index (χ2n) is 13.9. The van der Waals surface area contributed by atoms with Gasteiger partial charge in [-0.3, -0.25) is 14.4 Å². The number of ketones is 2. The van der Waals surface area contributed by atoms with Crippen LogP contribution in [-0.2, 0) is 14.4 Å². The number of aliphatic hydroxyl groups is 1. The summed E-state index contributed by atoms with van der Waals surface area (Å²) in [6.45, 7) is 15.0. The summed E-state index contributed by atoms with van der Waals surface area (Å²) in [6.07, 6.45) is 9.71. The number of nitrogens with one attached hydrogen (secondary N) is 1. The van der Waals surface area contributed by atoms with E-state index in [9.17, 15) is 24.8 Å². The molecule has 6 heteroatoms. The van der Waals surface area contributed by atoms with E-state index >= 15 is 0 Å². The summed E-state index contributed by atoms with van der Waals surface area (Å²) in [5.41, 5.74) is 0.113. The maximum Gasteiger partial charge on any atom is 0.226 e. The van der Waals surface area contributed by atoms with E-state index in [1.807, 2.05) is 32.9 Å². The maximum absolute atomic E-state index is 14.2. The Morgan fingerprint density at radius 3 is 2.36 bits per heavy atom. The number of hydrogen-bond donors (Lipinski definition) is 2. The van der Waals surface area contributed by atoms with E-state index in [2.05, 4.69) is 39.1 Å². The summed E-state index contributed by atoms with van der Waals surface area (Å²) < 4.78 is 0. The Balaban J connectivity index is 0.00000172. The normalized spacial score (nSPS) is 42.1. The molecular formula is C33H48N2O4. The zero-order valence-corrected chi connectivity index (χ0v) is 25.0. The number of aliphatic hydroxyl groups excluding tert-OH is 1. The highest BCUT2D eigenvalue weighted by Crippen LogP contribution is 2.69. The molecule has 0 bridgehead atoms. The molecule has 5 aliphatic rings. The van der Waals surface area contributed by atoms with Crippen molar-refractivity contribution in [1.29, 1.82) is 5.26 Å². The summed E-state index contributed by atoms with van der Waals surface area (Å²) in [5.74, 6) is -0.194.